The normalized spacial score (nSPS) is 29.9. The van der Waals surface area contributed by atoms with Crippen molar-refractivity contribution in [3.63, 3.8) is 0 Å². The summed E-state index contributed by atoms with van der Waals surface area (Å²) in [5.74, 6) is 0.0530. The number of rotatable bonds is 2. The minimum Gasteiger partial charge on any atom is -0.472 e. The van der Waals surface area contributed by atoms with E-state index in [9.17, 15) is 8.42 Å². The highest BCUT2D eigenvalue weighted by molar-refractivity contribution is 7.91. The van der Waals surface area contributed by atoms with Crippen LogP contribution in [0.15, 0.2) is 28.0 Å². The van der Waals surface area contributed by atoms with Gasteiger partial charge in [0, 0.05) is 11.8 Å². The topological polar surface area (TPSA) is 59.6 Å². The zero-order valence-electron chi connectivity index (χ0n) is 7.84. The number of aliphatic imine (C=N–C) groups is 1. The van der Waals surface area contributed by atoms with E-state index in [1.54, 1.807) is 12.3 Å². The van der Waals surface area contributed by atoms with Gasteiger partial charge in [0.05, 0.1) is 35.5 Å². The minimum atomic E-state index is -3.00. The lowest BCUT2D eigenvalue weighted by atomic mass is 10.2. The van der Waals surface area contributed by atoms with Crippen LogP contribution >= 0.6 is 11.6 Å². The quantitative estimate of drug-likeness (QED) is 0.581. The molecule has 2 heterocycles. The summed E-state index contributed by atoms with van der Waals surface area (Å²) in [7, 11) is -3.00. The lowest BCUT2D eigenvalue weighted by Gasteiger charge is -2.03. The van der Waals surface area contributed by atoms with Gasteiger partial charge in [-0.05, 0) is 6.07 Å². The predicted molar refractivity (Wildman–Crippen MR) is 58.4 cm³/mol. The Morgan fingerprint density at radius 2 is 2.33 bits per heavy atom. The van der Waals surface area contributed by atoms with Crippen molar-refractivity contribution in [3.8, 4) is 0 Å². The number of halogens is 1. The van der Waals surface area contributed by atoms with E-state index in [1.165, 1.54) is 12.5 Å². The maximum atomic E-state index is 11.2. The van der Waals surface area contributed by atoms with Crippen LogP contribution in [0.2, 0.25) is 0 Å². The Hall–Kier alpha value is -0.810. The molecule has 2 atom stereocenters. The van der Waals surface area contributed by atoms with Crippen LogP contribution in [0.3, 0.4) is 0 Å². The maximum Gasteiger partial charge on any atom is 0.153 e. The third kappa shape index (κ3) is 2.60. The molecule has 15 heavy (non-hydrogen) atoms. The van der Waals surface area contributed by atoms with Crippen molar-refractivity contribution in [2.75, 3.05) is 11.5 Å². The van der Waals surface area contributed by atoms with Crippen molar-refractivity contribution in [3.05, 3.63) is 24.2 Å². The van der Waals surface area contributed by atoms with Crippen molar-refractivity contribution in [1.82, 2.24) is 0 Å². The van der Waals surface area contributed by atoms with Crippen molar-refractivity contribution >= 4 is 27.7 Å². The van der Waals surface area contributed by atoms with E-state index in [4.69, 9.17) is 16.0 Å². The first kappa shape index (κ1) is 10.7. The number of nitrogens with zero attached hydrogens (tertiary/aromatic N) is 1. The molecule has 4 nitrogen and oxygen atoms in total. The van der Waals surface area contributed by atoms with E-state index in [0.717, 1.165) is 5.56 Å². The summed E-state index contributed by atoms with van der Waals surface area (Å²) in [5.41, 5.74) is 0.808. The molecule has 1 aliphatic rings. The number of sulfone groups is 1. The van der Waals surface area contributed by atoms with Crippen molar-refractivity contribution in [2.45, 2.75) is 11.4 Å². The molecule has 1 aromatic heterocycles. The molecule has 1 aromatic rings. The van der Waals surface area contributed by atoms with Gasteiger partial charge in [0.15, 0.2) is 9.84 Å². The Morgan fingerprint density at radius 3 is 2.87 bits per heavy atom. The maximum absolute atomic E-state index is 11.2. The summed E-state index contributed by atoms with van der Waals surface area (Å²) in [5, 5.41) is -0.418. The zero-order valence-corrected chi connectivity index (χ0v) is 9.41. The average molecular weight is 248 g/mol. The molecule has 0 bridgehead atoms. The molecule has 82 valence electrons. The number of hydrogen-bond donors (Lipinski definition) is 0. The van der Waals surface area contributed by atoms with Gasteiger partial charge in [-0.25, -0.2) is 8.42 Å². The Balaban J connectivity index is 2.08. The molecule has 1 fully saturated rings. The summed E-state index contributed by atoms with van der Waals surface area (Å²) < 4.78 is 27.3. The van der Waals surface area contributed by atoms with Crippen LogP contribution in [-0.4, -0.2) is 37.6 Å². The second-order valence-electron chi connectivity index (χ2n) is 3.50. The summed E-state index contributed by atoms with van der Waals surface area (Å²) in [4.78, 5) is 4.15. The van der Waals surface area contributed by atoms with Gasteiger partial charge in [-0.3, -0.25) is 4.99 Å². The molecule has 0 unspecified atom stereocenters. The van der Waals surface area contributed by atoms with Crippen LogP contribution < -0.4 is 0 Å². The van der Waals surface area contributed by atoms with Gasteiger partial charge in [0.25, 0.3) is 0 Å². The molecular weight excluding hydrogens is 238 g/mol. The van der Waals surface area contributed by atoms with Crippen LogP contribution in [0.1, 0.15) is 5.56 Å². The van der Waals surface area contributed by atoms with E-state index in [0.29, 0.717) is 0 Å². The van der Waals surface area contributed by atoms with Crippen molar-refractivity contribution < 1.29 is 12.8 Å². The number of hydrogen-bond acceptors (Lipinski definition) is 4. The molecule has 6 heteroatoms. The van der Waals surface area contributed by atoms with Crippen LogP contribution in [0.4, 0.5) is 0 Å². The predicted octanol–water partition coefficient (Wildman–Crippen LogP) is 1.10. The number of furan rings is 1. The molecule has 1 aliphatic heterocycles. The highest BCUT2D eigenvalue weighted by Crippen LogP contribution is 2.20. The first-order chi connectivity index (χ1) is 7.07. The molecule has 2 rings (SSSR count). The fraction of sp³-hybridized carbons (Fsp3) is 0.444. The Labute approximate surface area is 92.9 Å². The summed E-state index contributed by atoms with van der Waals surface area (Å²) in [6.07, 6.45) is 4.66. The van der Waals surface area contributed by atoms with Crippen LogP contribution in [0.5, 0.6) is 0 Å². The summed E-state index contributed by atoms with van der Waals surface area (Å²) in [6, 6.07) is 1.41. The van der Waals surface area contributed by atoms with E-state index in [1.807, 2.05) is 0 Å². The SMILES string of the molecule is O=S1(=O)C[C@H](Cl)[C@H](N=Cc2ccoc2)C1. The van der Waals surface area contributed by atoms with E-state index in [2.05, 4.69) is 4.99 Å². The Bertz CT molecular complexity index is 452. The van der Waals surface area contributed by atoms with E-state index >= 15 is 0 Å². The molecule has 0 spiro atoms. The van der Waals surface area contributed by atoms with Gasteiger partial charge in [0.2, 0.25) is 0 Å². The van der Waals surface area contributed by atoms with Gasteiger partial charge >= 0.3 is 0 Å². The minimum absolute atomic E-state index is 0.0158. The molecule has 0 amide bonds. The summed E-state index contributed by atoms with van der Waals surface area (Å²) >= 11 is 5.89. The second-order valence-corrected chi connectivity index (χ2v) is 6.21. The highest BCUT2D eigenvalue weighted by atomic mass is 35.5. The van der Waals surface area contributed by atoms with Crippen molar-refractivity contribution in [1.29, 1.82) is 0 Å². The molecule has 0 aliphatic carbocycles. The molecule has 0 N–H and O–H groups in total. The molecule has 0 saturated carbocycles. The van der Waals surface area contributed by atoms with Crippen molar-refractivity contribution in [2.24, 2.45) is 4.99 Å². The van der Waals surface area contributed by atoms with Gasteiger partial charge in [-0.2, -0.15) is 0 Å². The molecule has 0 radical (unpaired) electrons. The largest absolute Gasteiger partial charge is 0.472 e. The van der Waals surface area contributed by atoms with Gasteiger partial charge in [-0.1, -0.05) is 0 Å². The van der Waals surface area contributed by atoms with Crippen LogP contribution in [0.25, 0.3) is 0 Å². The van der Waals surface area contributed by atoms with Gasteiger partial charge in [-0.15, -0.1) is 11.6 Å². The first-order valence-corrected chi connectivity index (χ1v) is 6.72. The monoisotopic (exact) mass is 247 g/mol. The molecule has 0 aromatic carbocycles. The first-order valence-electron chi connectivity index (χ1n) is 4.47. The number of alkyl halides is 1. The van der Waals surface area contributed by atoms with Crippen LogP contribution in [0, 0.1) is 0 Å². The summed E-state index contributed by atoms with van der Waals surface area (Å²) in [6.45, 7) is 0. The highest BCUT2D eigenvalue weighted by Gasteiger charge is 2.35. The fourth-order valence-corrected chi connectivity index (χ4v) is 3.97. The third-order valence-electron chi connectivity index (χ3n) is 2.21. The fourth-order valence-electron chi connectivity index (χ4n) is 1.45. The standard InChI is InChI=1S/C9H10ClNO3S/c10-8-5-15(12,13)6-9(8)11-3-7-1-2-14-4-7/h1-4,8-9H,5-6H2/t8-,9+/m0/s1. The van der Waals surface area contributed by atoms with Crippen LogP contribution in [-0.2, 0) is 9.84 Å². The van der Waals surface area contributed by atoms with Gasteiger partial charge in [0.1, 0.15) is 0 Å². The smallest absolute Gasteiger partial charge is 0.153 e. The second kappa shape index (κ2) is 3.98. The third-order valence-corrected chi connectivity index (χ3v) is 4.56. The van der Waals surface area contributed by atoms with E-state index < -0.39 is 15.2 Å². The lowest BCUT2D eigenvalue weighted by molar-refractivity contribution is 0.567. The molecular formula is C9H10ClNO3S. The lowest BCUT2D eigenvalue weighted by Crippen LogP contribution is -2.15. The average Bonchev–Trinajstić information content (AvgIpc) is 2.70. The molecule has 1 saturated heterocycles. The Kier molecular flexibility index (Phi) is 2.84. The Morgan fingerprint density at radius 1 is 1.53 bits per heavy atom. The zero-order chi connectivity index (χ0) is 10.9. The van der Waals surface area contributed by atoms with Gasteiger partial charge < -0.3 is 4.42 Å². The van der Waals surface area contributed by atoms with E-state index in [-0.39, 0.29) is 17.5 Å².